The normalized spacial score (nSPS) is 24.4. The molecule has 2 aromatic rings. The van der Waals surface area contributed by atoms with E-state index in [4.69, 9.17) is 5.73 Å². The van der Waals surface area contributed by atoms with E-state index < -0.39 is 0 Å². The summed E-state index contributed by atoms with van der Waals surface area (Å²) in [6, 6.07) is 10.9. The van der Waals surface area contributed by atoms with Gasteiger partial charge in [-0.3, -0.25) is 0 Å². The van der Waals surface area contributed by atoms with Gasteiger partial charge in [0.15, 0.2) is 0 Å². The average Bonchev–Trinajstić information content (AvgIpc) is 2.84. The molecule has 184 valence electrons. The highest BCUT2D eigenvalue weighted by atomic mass is 14.6. The number of hydrogen-bond donors (Lipinski definition) is 1. The van der Waals surface area contributed by atoms with Gasteiger partial charge in [0.2, 0.25) is 0 Å². The molecular weight excluding hydrogens is 410 g/mol. The van der Waals surface area contributed by atoms with E-state index in [0.717, 1.165) is 18.5 Å². The Kier molecular flexibility index (Phi) is 8.50. The van der Waals surface area contributed by atoms with Crippen LogP contribution in [0.3, 0.4) is 0 Å². The van der Waals surface area contributed by atoms with Gasteiger partial charge in [0.25, 0.3) is 0 Å². The Morgan fingerprint density at radius 1 is 1.03 bits per heavy atom. The lowest BCUT2D eigenvalue weighted by atomic mass is 9.63. The molecule has 34 heavy (non-hydrogen) atoms. The van der Waals surface area contributed by atoms with Gasteiger partial charge in [-0.05, 0) is 81.0 Å². The van der Waals surface area contributed by atoms with E-state index in [1.54, 1.807) is 0 Å². The summed E-state index contributed by atoms with van der Waals surface area (Å²) >= 11 is 0. The highest BCUT2D eigenvalue weighted by Gasteiger charge is 2.38. The Bertz CT molecular complexity index is 1040. The number of nitrogen functional groups attached to an aromatic ring is 1. The maximum absolute atomic E-state index is 7.11. The third-order valence-corrected chi connectivity index (χ3v) is 8.51. The van der Waals surface area contributed by atoms with E-state index in [-0.39, 0.29) is 0 Å². The third-order valence-electron chi connectivity index (χ3n) is 8.51. The predicted octanol–water partition coefficient (Wildman–Crippen LogP) is 9.31. The lowest BCUT2D eigenvalue weighted by molar-refractivity contribution is 0.311. The van der Waals surface area contributed by atoms with Crippen molar-refractivity contribution in [3.8, 4) is 0 Å². The van der Waals surface area contributed by atoms with Crippen LogP contribution < -0.4 is 5.73 Å². The molecule has 0 spiro atoms. The molecule has 2 aliphatic rings. The summed E-state index contributed by atoms with van der Waals surface area (Å²) in [5.74, 6) is 2.78. The molecule has 1 heteroatoms. The summed E-state index contributed by atoms with van der Waals surface area (Å²) in [5.41, 5.74) is 19.3. The molecule has 4 rings (SSSR count). The fourth-order valence-corrected chi connectivity index (χ4v) is 6.25. The largest absolute Gasteiger partial charge is 0.398 e. The van der Waals surface area contributed by atoms with Gasteiger partial charge in [0.1, 0.15) is 0 Å². The van der Waals surface area contributed by atoms with E-state index in [9.17, 15) is 0 Å². The summed E-state index contributed by atoms with van der Waals surface area (Å²) in [7, 11) is 0. The zero-order chi connectivity index (χ0) is 25.2. The van der Waals surface area contributed by atoms with Crippen LogP contribution in [0, 0.1) is 17.8 Å². The summed E-state index contributed by atoms with van der Waals surface area (Å²) in [4.78, 5) is 0. The van der Waals surface area contributed by atoms with Gasteiger partial charge < -0.3 is 5.73 Å². The monoisotopic (exact) mass is 457 g/mol. The molecule has 0 fully saturated rings. The highest BCUT2D eigenvalue weighted by Crippen LogP contribution is 2.53. The second-order valence-corrected chi connectivity index (χ2v) is 10.7. The van der Waals surface area contributed by atoms with E-state index in [1.165, 1.54) is 57.4 Å². The molecule has 0 amide bonds. The number of hydrogen-bond acceptors (Lipinski definition) is 1. The van der Waals surface area contributed by atoms with Crippen molar-refractivity contribution in [1.29, 1.82) is 0 Å². The maximum atomic E-state index is 7.11. The molecule has 0 aromatic heterocycles. The van der Waals surface area contributed by atoms with Crippen molar-refractivity contribution in [2.24, 2.45) is 17.8 Å². The van der Waals surface area contributed by atoms with Crippen LogP contribution in [0.4, 0.5) is 5.69 Å². The van der Waals surface area contributed by atoms with Crippen LogP contribution in [0.2, 0.25) is 0 Å². The van der Waals surface area contributed by atoms with E-state index >= 15 is 0 Å². The predicted molar refractivity (Wildman–Crippen MR) is 152 cm³/mol. The van der Waals surface area contributed by atoms with Gasteiger partial charge in [-0.15, -0.1) is 0 Å². The Hall–Kier alpha value is -2.28. The first-order valence-electron chi connectivity index (χ1n) is 13.7. The summed E-state index contributed by atoms with van der Waals surface area (Å²) in [6.07, 6.45) is 6.94. The van der Waals surface area contributed by atoms with Crippen LogP contribution in [0.25, 0.3) is 5.57 Å². The molecule has 0 radical (unpaired) electrons. The molecule has 0 bridgehead atoms. The minimum absolute atomic E-state index is 0.329. The number of nitrogens with two attached hydrogens (primary N) is 1. The van der Waals surface area contributed by atoms with E-state index in [2.05, 4.69) is 84.5 Å². The first kappa shape index (κ1) is 26.3. The van der Waals surface area contributed by atoms with Crippen molar-refractivity contribution >= 4 is 11.3 Å². The van der Waals surface area contributed by atoms with E-state index in [1.807, 2.05) is 13.8 Å². The van der Waals surface area contributed by atoms with Crippen LogP contribution in [0.1, 0.15) is 113 Å². The number of allylic oxidation sites excluding steroid dienone is 2. The number of anilines is 1. The van der Waals surface area contributed by atoms with Crippen LogP contribution in [-0.4, -0.2) is 0 Å². The van der Waals surface area contributed by atoms with Crippen LogP contribution >= 0.6 is 0 Å². The molecule has 2 aliphatic carbocycles. The minimum Gasteiger partial charge on any atom is -0.398 e. The van der Waals surface area contributed by atoms with Crippen molar-refractivity contribution in [3.63, 3.8) is 0 Å². The molecule has 0 heterocycles. The zero-order valence-corrected chi connectivity index (χ0v) is 23.0. The van der Waals surface area contributed by atoms with Gasteiger partial charge in [-0.1, -0.05) is 111 Å². The third kappa shape index (κ3) is 4.64. The van der Waals surface area contributed by atoms with Gasteiger partial charge in [-0.25, -0.2) is 0 Å². The quantitative estimate of drug-likeness (QED) is 0.445. The summed E-state index contributed by atoms with van der Waals surface area (Å²) in [5, 5.41) is 0. The Morgan fingerprint density at radius 3 is 2.29 bits per heavy atom. The maximum Gasteiger partial charge on any atom is 0.0388 e. The SMILES string of the molecule is C=C1C=C(c2ccccc2)c2c(C[C@@H](C)CCC)c(N)c3c(c2C1C)C(C)C(C)C(C)C3.CC. The summed E-state index contributed by atoms with van der Waals surface area (Å²) in [6.45, 7) is 22.8. The second-order valence-electron chi connectivity index (χ2n) is 10.7. The Labute approximate surface area is 209 Å². The molecule has 0 saturated heterocycles. The fraction of sp³-hybridized carbons (Fsp3) is 0.515. The zero-order valence-electron chi connectivity index (χ0n) is 23.0. The Morgan fingerprint density at radius 2 is 1.68 bits per heavy atom. The Balaban J connectivity index is 0.00000158. The first-order chi connectivity index (χ1) is 16.3. The van der Waals surface area contributed by atoms with E-state index in [0.29, 0.717) is 29.6 Å². The van der Waals surface area contributed by atoms with Crippen molar-refractivity contribution in [1.82, 2.24) is 0 Å². The van der Waals surface area contributed by atoms with Crippen molar-refractivity contribution in [2.45, 2.75) is 92.9 Å². The molecule has 4 unspecified atom stereocenters. The fourth-order valence-electron chi connectivity index (χ4n) is 6.25. The van der Waals surface area contributed by atoms with Crippen molar-refractivity contribution < 1.29 is 0 Å². The molecule has 1 nitrogen and oxygen atoms in total. The molecule has 2 N–H and O–H groups in total. The minimum atomic E-state index is 0.329. The van der Waals surface area contributed by atoms with Gasteiger partial charge in [0.05, 0.1) is 0 Å². The molecule has 5 atom stereocenters. The van der Waals surface area contributed by atoms with Gasteiger partial charge in [-0.2, -0.15) is 0 Å². The molecule has 0 saturated carbocycles. The van der Waals surface area contributed by atoms with Crippen molar-refractivity contribution in [3.05, 3.63) is 81.9 Å². The van der Waals surface area contributed by atoms with Gasteiger partial charge >= 0.3 is 0 Å². The second kappa shape index (κ2) is 11.0. The number of rotatable bonds is 5. The number of fused-ring (bicyclic) bond motifs is 3. The van der Waals surface area contributed by atoms with Crippen molar-refractivity contribution in [2.75, 3.05) is 5.73 Å². The lowest BCUT2D eigenvalue weighted by Crippen LogP contribution is -2.29. The lowest BCUT2D eigenvalue weighted by Gasteiger charge is -2.41. The molecule has 2 aromatic carbocycles. The number of benzene rings is 2. The summed E-state index contributed by atoms with van der Waals surface area (Å²) < 4.78 is 0. The smallest absolute Gasteiger partial charge is 0.0388 e. The van der Waals surface area contributed by atoms with Crippen LogP contribution in [0.15, 0.2) is 48.6 Å². The molecule has 0 aliphatic heterocycles. The van der Waals surface area contributed by atoms with Gasteiger partial charge in [0, 0.05) is 11.6 Å². The first-order valence-corrected chi connectivity index (χ1v) is 13.7. The highest BCUT2D eigenvalue weighted by molar-refractivity contribution is 5.91. The standard InChI is InChI=1S/C31H41N.C2H6/c1-8-12-18(2)15-26-30-25(24-13-10-9-11-14-24)16-20(4)22(6)29(30)28-23(7)21(5)19(3)17-27(28)31(26)32;1-2/h9-11,13-14,16,18-19,21-23H,4,8,12,15,17,32H2,1-3,5-7H3;1-2H3/t18-,19?,21?,22?,23?;/m0./s1. The topological polar surface area (TPSA) is 26.0 Å². The van der Waals surface area contributed by atoms with Crippen LogP contribution in [-0.2, 0) is 12.8 Å². The van der Waals surface area contributed by atoms with Crippen LogP contribution in [0.5, 0.6) is 0 Å². The average molecular weight is 458 g/mol. The molecular formula is C33H47N.